The Labute approximate surface area is 92.3 Å². The van der Waals surface area contributed by atoms with Crippen molar-refractivity contribution in [3.8, 4) is 0 Å². The molecule has 0 fully saturated rings. The molecule has 1 aromatic rings. The van der Waals surface area contributed by atoms with Crippen LogP contribution in [0, 0.1) is 0 Å². The first-order chi connectivity index (χ1) is 7.24. The molecule has 1 heterocycles. The molecule has 0 bridgehead atoms. The predicted octanol–water partition coefficient (Wildman–Crippen LogP) is 2.89. The first-order valence-corrected chi connectivity index (χ1v) is 5.85. The number of benzene rings is 1. The number of nitrogens with one attached hydrogen (secondary N) is 1. The molecule has 0 radical (unpaired) electrons. The third-order valence-corrected chi connectivity index (χ3v) is 3.23. The van der Waals surface area contributed by atoms with E-state index in [1.165, 1.54) is 23.4 Å². The normalized spacial score (nSPS) is 19.7. The molecular formula is C13H20N2. The van der Waals surface area contributed by atoms with Crippen molar-refractivity contribution in [2.24, 2.45) is 0 Å². The number of aryl methyl sites for hydroxylation is 1. The molecule has 0 saturated heterocycles. The molecule has 1 unspecified atom stereocenters. The zero-order valence-corrected chi connectivity index (χ0v) is 9.88. The van der Waals surface area contributed by atoms with E-state index in [1.54, 1.807) is 0 Å². The molecule has 1 aromatic carbocycles. The highest BCUT2D eigenvalue weighted by Crippen LogP contribution is 2.31. The summed E-state index contributed by atoms with van der Waals surface area (Å²) in [6.07, 6.45) is 2.29. The summed E-state index contributed by atoms with van der Waals surface area (Å²) < 4.78 is 0. The number of hydrogen-bond donors (Lipinski definition) is 1. The van der Waals surface area contributed by atoms with Crippen LogP contribution in [0.5, 0.6) is 0 Å². The Morgan fingerprint density at radius 1 is 1.40 bits per heavy atom. The Balaban J connectivity index is 2.32. The van der Waals surface area contributed by atoms with Crippen LogP contribution >= 0.6 is 0 Å². The van der Waals surface area contributed by atoms with E-state index in [0.717, 1.165) is 13.0 Å². The Hall–Kier alpha value is -1.18. The summed E-state index contributed by atoms with van der Waals surface area (Å²) in [6.45, 7) is 5.54. The summed E-state index contributed by atoms with van der Waals surface area (Å²) >= 11 is 0. The van der Waals surface area contributed by atoms with Gasteiger partial charge in [-0.2, -0.15) is 0 Å². The van der Waals surface area contributed by atoms with Gasteiger partial charge in [0.2, 0.25) is 0 Å². The number of fused-ring (bicyclic) bond motifs is 1. The van der Waals surface area contributed by atoms with Gasteiger partial charge in [0.15, 0.2) is 0 Å². The Kier molecular flexibility index (Phi) is 2.85. The molecule has 0 saturated carbocycles. The van der Waals surface area contributed by atoms with Crippen LogP contribution in [-0.2, 0) is 6.42 Å². The molecular weight excluding hydrogens is 184 g/mol. The van der Waals surface area contributed by atoms with E-state index in [4.69, 9.17) is 0 Å². The molecule has 2 rings (SSSR count). The standard InChI is InChI=1S/C13H20N2/c1-4-10-6-7-12-13(8-10)15(3)9-11(5-2)14-12/h6-8,11,14H,4-5,9H2,1-3H3. The van der Waals surface area contributed by atoms with E-state index in [-0.39, 0.29) is 0 Å². The summed E-state index contributed by atoms with van der Waals surface area (Å²) in [7, 11) is 2.18. The van der Waals surface area contributed by atoms with E-state index >= 15 is 0 Å². The minimum absolute atomic E-state index is 0.593. The molecule has 1 aliphatic heterocycles. The van der Waals surface area contributed by atoms with Crippen LogP contribution < -0.4 is 10.2 Å². The second kappa shape index (κ2) is 4.13. The molecule has 2 nitrogen and oxygen atoms in total. The van der Waals surface area contributed by atoms with Gasteiger partial charge in [-0.25, -0.2) is 0 Å². The largest absolute Gasteiger partial charge is 0.379 e. The molecule has 82 valence electrons. The second-order valence-electron chi connectivity index (χ2n) is 4.34. The predicted molar refractivity (Wildman–Crippen MR) is 66.8 cm³/mol. The molecule has 0 aromatic heterocycles. The third-order valence-electron chi connectivity index (χ3n) is 3.23. The quantitative estimate of drug-likeness (QED) is 0.797. The van der Waals surface area contributed by atoms with Gasteiger partial charge in [0.05, 0.1) is 11.4 Å². The molecule has 0 amide bonds. The third kappa shape index (κ3) is 1.94. The smallest absolute Gasteiger partial charge is 0.0602 e. The maximum absolute atomic E-state index is 3.59. The number of hydrogen-bond acceptors (Lipinski definition) is 2. The second-order valence-corrected chi connectivity index (χ2v) is 4.34. The highest BCUT2D eigenvalue weighted by Gasteiger charge is 2.19. The van der Waals surface area contributed by atoms with Crippen molar-refractivity contribution in [2.45, 2.75) is 32.7 Å². The fourth-order valence-electron chi connectivity index (χ4n) is 2.16. The summed E-state index contributed by atoms with van der Waals surface area (Å²) in [5.41, 5.74) is 4.05. The molecule has 1 atom stereocenters. The van der Waals surface area contributed by atoms with Crippen molar-refractivity contribution in [3.05, 3.63) is 23.8 Å². The molecule has 2 heteroatoms. The first kappa shape index (κ1) is 10.3. The lowest BCUT2D eigenvalue weighted by Crippen LogP contribution is -2.38. The van der Waals surface area contributed by atoms with Crippen molar-refractivity contribution in [3.63, 3.8) is 0 Å². The van der Waals surface area contributed by atoms with E-state index in [2.05, 4.69) is 49.3 Å². The Morgan fingerprint density at radius 2 is 2.20 bits per heavy atom. The van der Waals surface area contributed by atoms with Crippen LogP contribution in [0.1, 0.15) is 25.8 Å². The maximum Gasteiger partial charge on any atom is 0.0602 e. The van der Waals surface area contributed by atoms with Gasteiger partial charge >= 0.3 is 0 Å². The highest BCUT2D eigenvalue weighted by molar-refractivity contribution is 5.73. The van der Waals surface area contributed by atoms with Gasteiger partial charge in [-0.1, -0.05) is 19.9 Å². The number of likely N-dealkylation sites (N-methyl/N-ethyl adjacent to an activating group) is 1. The number of nitrogens with zero attached hydrogens (tertiary/aromatic N) is 1. The fraction of sp³-hybridized carbons (Fsp3) is 0.538. The molecule has 1 aliphatic rings. The average Bonchev–Trinajstić information content (AvgIpc) is 2.28. The lowest BCUT2D eigenvalue weighted by atomic mass is 10.1. The number of anilines is 2. The molecule has 15 heavy (non-hydrogen) atoms. The van der Waals surface area contributed by atoms with Crippen molar-refractivity contribution >= 4 is 11.4 Å². The van der Waals surface area contributed by atoms with E-state index in [9.17, 15) is 0 Å². The van der Waals surface area contributed by atoms with E-state index in [0.29, 0.717) is 6.04 Å². The molecule has 0 aliphatic carbocycles. The van der Waals surface area contributed by atoms with Crippen molar-refractivity contribution in [1.29, 1.82) is 0 Å². The summed E-state index contributed by atoms with van der Waals surface area (Å²) in [4.78, 5) is 2.36. The summed E-state index contributed by atoms with van der Waals surface area (Å²) in [6, 6.07) is 7.33. The van der Waals surface area contributed by atoms with Crippen molar-refractivity contribution < 1.29 is 0 Å². The zero-order valence-electron chi connectivity index (χ0n) is 9.88. The summed E-state index contributed by atoms with van der Waals surface area (Å²) in [5.74, 6) is 0. The van der Waals surface area contributed by atoms with Crippen LogP contribution in [0.15, 0.2) is 18.2 Å². The fourth-order valence-corrected chi connectivity index (χ4v) is 2.16. The number of rotatable bonds is 2. The molecule has 0 spiro atoms. The van der Waals surface area contributed by atoms with Crippen LogP contribution in [0.2, 0.25) is 0 Å². The maximum atomic E-state index is 3.59. The van der Waals surface area contributed by atoms with E-state index in [1.807, 2.05) is 0 Å². The SMILES string of the molecule is CCc1ccc2c(c1)N(C)CC(CC)N2. The lowest BCUT2D eigenvalue weighted by molar-refractivity contribution is 0.662. The topological polar surface area (TPSA) is 15.3 Å². The van der Waals surface area contributed by atoms with Gasteiger partial charge < -0.3 is 10.2 Å². The van der Waals surface area contributed by atoms with Crippen LogP contribution in [0.3, 0.4) is 0 Å². The van der Waals surface area contributed by atoms with Crippen molar-refractivity contribution in [1.82, 2.24) is 0 Å². The van der Waals surface area contributed by atoms with Gasteiger partial charge in [0, 0.05) is 19.6 Å². The van der Waals surface area contributed by atoms with Gasteiger partial charge in [0.1, 0.15) is 0 Å². The van der Waals surface area contributed by atoms with Gasteiger partial charge in [-0.3, -0.25) is 0 Å². The lowest BCUT2D eigenvalue weighted by Gasteiger charge is -2.34. The average molecular weight is 204 g/mol. The highest BCUT2D eigenvalue weighted by atomic mass is 15.2. The van der Waals surface area contributed by atoms with Crippen LogP contribution in [0.25, 0.3) is 0 Å². The van der Waals surface area contributed by atoms with Crippen LogP contribution in [-0.4, -0.2) is 19.6 Å². The zero-order chi connectivity index (χ0) is 10.8. The first-order valence-electron chi connectivity index (χ1n) is 5.85. The summed E-state index contributed by atoms with van der Waals surface area (Å²) in [5, 5.41) is 3.59. The monoisotopic (exact) mass is 204 g/mol. The van der Waals surface area contributed by atoms with Gasteiger partial charge in [-0.15, -0.1) is 0 Å². The Morgan fingerprint density at radius 3 is 2.87 bits per heavy atom. The molecule has 1 N–H and O–H groups in total. The van der Waals surface area contributed by atoms with Crippen molar-refractivity contribution in [2.75, 3.05) is 23.8 Å². The Bertz CT molecular complexity index is 346. The van der Waals surface area contributed by atoms with Gasteiger partial charge in [0.25, 0.3) is 0 Å². The minimum Gasteiger partial charge on any atom is -0.379 e. The van der Waals surface area contributed by atoms with E-state index < -0.39 is 0 Å². The van der Waals surface area contributed by atoms with Crippen LogP contribution in [0.4, 0.5) is 11.4 Å². The van der Waals surface area contributed by atoms with Gasteiger partial charge in [-0.05, 0) is 30.5 Å². The minimum atomic E-state index is 0.593.